The molecule has 1 aromatic heterocycles. The van der Waals surface area contributed by atoms with Crippen LogP contribution in [0.15, 0.2) is 73.4 Å². The van der Waals surface area contributed by atoms with Gasteiger partial charge in [-0.3, -0.25) is 4.98 Å². The summed E-state index contributed by atoms with van der Waals surface area (Å²) in [4.78, 5) is 4.50. The number of ether oxygens (including phenoxy) is 1. The summed E-state index contributed by atoms with van der Waals surface area (Å²) in [5.41, 5.74) is 5.05. The van der Waals surface area contributed by atoms with Gasteiger partial charge in [-0.15, -0.1) is 6.58 Å². The highest BCUT2D eigenvalue weighted by molar-refractivity contribution is 5.80. The van der Waals surface area contributed by atoms with Gasteiger partial charge >= 0.3 is 0 Å². The molecule has 0 amide bonds. The predicted octanol–water partition coefficient (Wildman–Crippen LogP) is 5.63. The van der Waals surface area contributed by atoms with Crippen LogP contribution in [-0.4, -0.2) is 33.5 Å². The van der Waals surface area contributed by atoms with Crippen molar-refractivity contribution in [2.24, 2.45) is 5.92 Å². The Labute approximate surface area is 201 Å². The maximum Gasteiger partial charge on any atom is 0.121 e. The summed E-state index contributed by atoms with van der Waals surface area (Å²) in [5.74, 6) is 0.473. The molecule has 0 spiro atoms. The molecule has 0 bridgehead atoms. The van der Waals surface area contributed by atoms with Crippen LogP contribution in [0.2, 0.25) is 0 Å². The van der Waals surface area contributed by atoms with Crippen LogP contribution >= 0.6 is 0 Å². The summed E-state index contributed by atoms with van der Waals surface area (Å²) in [6.45, 7) is 7.60. The van der Waals surface area contributed by atoms with Crippen molar-refractivity contribution in [3.05, 3.63) is 101 Å². The number of aryl methyl sites for hydroxylation is 2. The first-order valence-corrected chi connectivity index (χ1v) is 11.4. The zero-order chi connectivity index (χ0) is 24.7. The number of phenols is 1. The fraction of sp³-hybridized carbons (Fsp3) is 0.276. The number of benzene rings is 2. The van der Waals surface area contributed by atoms with Crippen LogP contribution in [0.25, 0.3) is 11.6 Å². The highest BCUT2D eigenvalue weighted by atomic mass is 16.5. The van der Waals surface area contributed by atoms with E-state index in [4.69, 9.17) is 4.74 Å². The molecular weight excluding hydrogens is 426 g/mol. The first-order valence-electron chi connectivity index (χ1n) is 11.4. The minimum Gasteiger partial charge on any atom is -0.507 e. The summed E-state index contributed by atoms with van der Waals surface area (Å²) in [6, 6.07) is 16.8. The van der Waals surface area contributed by atoms with Crippen molar-refractivity contribution in [3.63, 3.8) is 0 Å². The van der Waals surface area contributed by atoms with Crippen LogP contribution < -0.4 is 4.74 Å². The number of aromatic nitrogens is 1. The standard InChI is InChI=1S/C29H33NO4/c1-5-25(29(33)22-9-12-24(34-4)13-10-22)27(31)14-11-23(26-8-6-7-15-30-26)18-21-16-19(2)28(32)20(3)17-21/h5-10,12-13,15-18,25,27,29,31-33H,1,11,14H2,2-4H3/b23-18-/t25-,27-,29-/m1/s1. The fourth-order valence-corrected chi connectivity index (χ4v) is 4.12. The maximum atomic E-state index is 11.0. The molecule has 0 radical (unpaired) electrons. The quantitative estimate of drug-likeness (QED) is 0.342. The van der Waals surface area contributed by atoms with E-state index >= 15 is 0 Å². The van der Waals surface area contributed by atoms with Crippen molar-refractivity contribution in [3.8, 4) is 11.5 Å². The summed E-state index contributed by atoms with van der Waals surface area (Å²) in [6.07, 6.45) is 4.67. The van der Waals surface area contributed by atoms with Gasteiger partial charge in [0.1, 0.15) is 11.5 Å². The Morgan fingerprint density at radius 3 is 2.29 bits per heavy atom. The fourth-order valence-electron chi connectivity index (χ4n) is 4.12. The van der Waals surface area contributed by atoms with Crippen LogP contribution in [0.1, 0.15) is 46.9 Å². The van der Waals surface area contributed by atoms with E-state index in [-0.39, 0.29) is 0 Å². The number of aliphatic hydroxyl groups is 2. The Morgan fingerprint density at radius 2 is 1.74 bits per heavy atom. The minimum absolute atomic E-state index is 0.299. The molecule has 0 saturated carbocycles. The molecule has 3 N–H and O–H groups in total. The normalized spacial score (nSPS) is 14.3. The molecule has 1 heterocycles. The topological polar surface area (TPSA) is 82.8 Å². The van der Waals surface area contributed by atoms with Crippen molar-refractivity contribution < 1.29 is 20.1 Å². The van der Waals surface area contributed by atoms with E-state index in [2.05, 4.69) is 11.6 Å². The lowest BCUT2D eigenvalue weighted by Gasteiger charge is -2.25. The summed E-state index contributed by atoms with van der Waals surface area (Å²) < 4.78 is 5.18. The van der Waals surface area contributed by atoms with Crippen LogP contribution in [0.3, 0.4) is 0 Å². The second kappa shape index (κ2) is 11.6. The van der Waals surface area contributed by atoms with Crippen molar-refractivity contribution in [2.45, 2.75) is 38.9 Å². The number of pyridine rings is 1. The van der Waals surface area contributed by atoms with E-state index in [9.17, 15) is 15.3 Å². The summed E-state index contributed by atoms with van der Waals surface area (Å²) in [7, 11) is 1.59. The number of nitrogens with zero attached hydrogens (tertiary/aromatic N) is 1. The average molecular weight is 460 g/mol. The second-order valence-corrected chi connectivity index (χ2v) is 8.52. The smallest absolute Gasteiger partial charge is 0.121 e. The third-order valence-corrected chi connectivity index (χ3v) is 6.10. The molecule has 0 unspecified atom stereocenters. The third-order valence-electron chi connectivity index (χ3n) is 6.10. The molecule has 178 valence electrons. The number of phenolic OH excluding ortho intramolecular Hbond substituents is 1. The summed E-state index contributed by atoms with van der Waals surface area (Å²) in [5, 5.41) is 32.0. The highest BCUT2D eigenvalue weighted by Gasteiger charge is 2.26. The zero-order valence-electron chi connectivity index (χ0n) is 20.0. The number of aliphatic hydroxyl groups excluding tert-OH is 2. The van der Waals surface area contributed by atoms with E-state index in [0.29, 0.717) is 29.9 Å². The molecule has 0 aliphatic rings. The van der Waals surface area contributed by atoms with Gasteiger partial charge in [-0.25, -0.2) is 0 Å². The predicted molar refractivity (Wildman–Crippen MR) is 137 cm³/mol. The van der Waals surface area contributed by atoms with Gasteiger partial charge in [0.15, 0.2) is 0 Å². The largest absolute Gasteiger partial charge is 0.507 e. The molecule has 34 heavy (non-hydrogen) atoms. The number of allylic oxidation sites excluding steroid dienone is 1. The number of hydrogen-bond donors (Lipinski definition) is 3. The van der Waals surface area contributed by atoms with Crippen LogP contribution in [-0.2, 0) is 0 Å². The number of methoxy groups -OCH3 is 1. The summed E-state index contributed by atoms with van der Waals surface area (Å²) >= 11 is 0. The van der Waals surface area contributed by atoms with E-state index in [0.717, 1.165) is 28.0 Å². The molecule has 3 aromatic rings. The molecule has 0 saturated heterocycles. The average Bonchev–Trinajstić information content (AvgIpc) is 2.85. The van der Waals surface area contributed by atoms with Gasteiger partial charge in [-0.05, 0) is 97.0 Å². The Kier molecular flexibility index (Phi) is 8.63. The van der Waals surface area contributed by atoms with Crippen molar-refractivity contribution in [2.75, 3.05) is 7.11 Å². The molecule has 0 aliphatic heterocycles. The molecule has 0 aliphatic carbocycles. The van der Waals surface area contributed by atoms with E-state index in [1.54, 1.807) is 43.6 Å². The highest BCUT2D eigenvalue weighted by Crippen LogP contribution is 2.32. The number of aromatic hydroxyl groups is 1. The van der Waals surface area contributed by atoms with Gasteiger partial charge < -0.3 is 20.1 Å². The lowest BCUT2D eigenvalue weighted by Crippen LogP contribution is -2.25. The van der Waals surface area contributed by atoms with Crippen LogP contribution in [0.5, 0.6) is 11.5 Å². The monoisotopic (exact) mass is 459 g/mol. The van der Waals surface area contributed by atoms with Crippen molar-refractivity contribution >= 4 is 11.6 Å². The third kappa shape index (κ3) is 6.13. The molecule has 5 heteroatoms. The lowest BCUT2D eigenvalue weighted by molar-refractivity contribution is 0.0325. The molecule has 3 rings (SSSR count). The van der Waals surface area contributed by atoms with Gasteiger partial charge in [-0.1, -0.05) is 24.3 Å². The van der Waals surface area contributed by atoms with Crippen molar-refractivity contribution in [1.29, 1.82) is 0 Å². The Morgan fingerprint density at radius 1 is 1.06 bits per heavy atom. The molecule has 0 fully saturated rings. The second-order valence-electron chi connectivity index (χ2n) is 8.52. The molecular formula is C29H33NO4. The minimum atomic E-state index is -0.886. The van der Waals surface area contributed by atoms with Crippen LogP contribution in [0.4, 0.5) is 0 Å². The first-order chi connectivity index (χ1) is 16.3. The Hall–Kier alpha value is -3.41. The van der Waals surface area contributed by atoms with Gasteiger partial charge in [0.25, 0.3) is 0 Å². The Bertz CT molecular complexity index is 1100. The van der Waals surface area contributed by atoms with Gasteiger partial charge in [-0.2, -0.15) is 0 Å². The first kappa shape index (κ1) is 25.2. The van der Waals surface area contributed by atoms with Gasteiger partial charge in [0.05, 0.1) is 25.0 Å². The number of rotatable bonds is 10. The van der Waals surface area contributed by atoms with E-state index in [1.807, 2.05) is 50.3 Å². The van der Waals surface area contributed by atoms with E-state index in [1.165, 1.54) is 0 Å². The van der Waals surface area contributed by atoms with Gasteiger partial charge in [0, 0.05) is 12.1 Å². The SMILES string of the molecule is C=C[C@H]([C@H](O)CC/C(=C/c1cc(C)c(O)c(C)c1)c1ccccn1)[C@H](O)c1ccc(OC)cc1. The number of hydrogen-bond acceptors (Lipinski definition) is 5. The molecule has 2 aromatic carbocycles. The maximum absolute atomic E-state index is 11.0. The van der Waals surface area contributed by atoms with Crippen LogP contribution in [0, 0.1) is 19.8 Å². The molecule has 3 atom stereocenters. The van der Waals surface area contributed by atoms with Gasteiger partial charge in [0.2, 0.25) is 0 Å². The van der Waals surface area contributed by atoms with Crippen molar-refractivity contribution in [1.82, 2.24) is 4.98 Å². The lowest BCUT2D eigenvalue weighted by atomic mass is 9.87. The molecule has 5 nitrogen and oxygen atoms in total. The van der Waals surface area contributed by atoms with E-state index < -0.39 is 18.1 Å². The Balaban J connectivity index is 1.81. The zero-order valence-corrected chi connectivity index (χ0v) is 20.0.